The number of aromatic nitrogens is 2. The van der Waals surface area contributed by atoms with Gasteiger partial charge in [-0.3, -0.25) is 0 Å². The predicted molar refractivity (Wildman–Crippen MR) is 42.9 cm³/mol. The van der Waals surface area contributed by atoms with Crippen LogP contribution in [0.15, 0.2) is 6.33 Å². The first-order valence-corrected chi connectivity index (χ1v) is 3.73. The average Bonchev–Trinajstić information content (AvgIpc) is 2.04. The number of ether oxygens (including phenoxy) is 1. The van der Waals surface area contributed by atoms with Crippen LogP contribution >= 0.6 is 11.6 Å². The molecule has 0 aliphatic carbocycles. The molecule has 4 heteroatoms. The van der Waals surface area contributed by atoms with Gasteiger partial charge in [-0.15, -0.1) is 11.6 Å². The summed E-state index contributed by atoms with van der Waals surface area (Å²) in [5.41, 5.74) is 1.73. The molecular weight excluding hydrogens is 164 g/mol. The van der Waals surface area contributed by atoms with E-state index in [1.54, 1.807) is 7.11 Å². The largest absolute Gasteiger partial charge is 0.481 e. The minimum absolute atomic E-state index is 0.385. The van der Waals surface area contributed by atoms with Crippen molar-refractivity contribution in [1.82, 2.24) is 9.97 Å². The maximum atomic E-state index is 5.66. The summed E-state index contributed by atoms with van der Waals surface area (Å²) in [5, 5.41) is 0. The van der Waals surface area contributed by atoms with Crippen LogP contribution in [0, 0.1) is 6.92 Å². The van der Waals surface area contributed by atoms with Crippen molar-refractivity contribution in [2.24, 2.45) is 0 Å². The molecule has 1 rings (SSSR count). The molecule has 0 saturated carbocycles. The number of aryl methyl sites for hydroxylation is 1. The Bertz CT molecular complexity index is 252. The van der Waals surface area contributed by atoms with Crippen LogP contribution in [0.4, 0.5) is 0 Å². The molecule has 1 aromatic rings. The number of hydrogen-bond acceptors (Lipinski definition) is 3. The molecule has 0 radical (unpaired) electrons. The summed E-state index contributed by atoms with van der Waals surface area (Å²) in [6.07, 6.45) is 1.46. The van der Waals surface area contributed by atoms with Crippen molar-refractivity contribution in [2.45, 2.75) is 12.8 Å². The first-order chi connectivity index (χ1) is 5.29. The third-order valence-corrected chi connectivity index (χ3v) is 1.72. The topological polar surface area (TPSA) is 35.0 Å². The Morgan fingerprint density at radius 1 is 1.55 bits per heavy atom. The fourth-order valence-electron chi connectivity index (χ4n) is 0.808. The second-order valence-corrected chi connectivity index (χ2v) is 2.35. The Morgan fingerprint density at radius 2 is 2.27 bits per heavy atom. The van der Waals surface area contributed by atoms with Gasteiger partial charge in [0.1, 0.15) is 6.33 Å². The molecule has 1 heterocycles. The normalized spacial score (nSPS) is 9.73. The highest BCUT2D eigenvalue weighted by atomic mass is 35.5. The maximum absolute atomic E-state index is 5.66. The van der Waals surface area contributed by atoms with Gasteiger partial charge in [-0.2, -0.15) is 0 Å². The fourth-order valence-corrected chi connectivity index (χ4v) is 1.12. The van der Waals surface area contributed by atoms with E-state index < -0.39 is 0 Å². The number of methoxy groups -OCH3 is 1. The van der Waals surface area contributed by atoms with Gasteiger partial charge in [0.25, 0.3) is 0 Å². The van der Waals surface area contributed by atoms with Crippen LogP contribution in [0.5, 0.6) is 5.88 Å². The van der Waals surface area contributed by atoms with Crippen LogP contribution in [-0.2, 0) is 5.88 Å². The summed E-state index contributed by atoms with van der Waals surface area (Å²) in [4.78, 5) is 7.89. The molecule has 0 aliphatic heterocycles. The molecule has 1 aromatic heterocycles. The molecule has 0 atom stereocenters. The lowest BCUT2D eigenvalue weighted by atomic mass is 10.3. The lowest BCUT2D eigenvalue weighted by molar-refractivity contribution is 0.392. The van der Waals surface area contributed by atoms with Crippen molar-refractivity contribution in [1.29, 1.82) is 0 Å². The lowest BCUT2D eigenvalue weighted by Gasteiger charge is -2.04. The molecular formula is C7H9ClN2O. The Labute approximate surface area is 70.4 Å². The SMILES string of the molecule is COc1ncnc(C)c1CCl. The van der Waals surface area contributed by atoms with E-state index in [4.69, 9.17) is 16.3 Å². The highest BCUT2D eigenvalue weighted by Gasteiger charge is 2.05. The zero-order chi connectivity index (χ0) is 8.27. The van der Waals surface area contributed by atoms with Crippen molar-refractivity contribution < 1.29 is 4.74 Å². The van der Waals surface area contributed by atoms with Crippen molar-refractivity contribution in [3.05, 3.63) is 17.6 Å². The standard InChI is InChI=1S/C7H9ClN2O/c1-5-6(3-8)7(11-2)10-4-9-5/h4H,3H2,1-2H3. The molecule has 0 fully saturated rings. The zero-order valence-corrected chi connectivity index (χ0v) is 7.22. The molecule has 3 nitrogen and oxygen atoms in total. The highest BCUT2D eigenvalue weighted by Crippen LogP contribution is 2.18. The van der Waals surface area contributed by atoms with Gasteiger partial charge in [-0.05, 0) is 6.92 Å². The summed E-state index contributed by atoms with van der Waals surface area (Å²) < 4.78 is 4.98. The molecule has 0 N–H and O–H groups in total. The maximum Gasteiger partial charge on any atom is 0.220 e. The summed E-state index contributed by atoms with van der Waals surface area (Å²) in [6.45, 7) is 1.88. The Morgan fingerprint density at radius 3 is 2.73 bits per heavy atom. The Balaban J connectivity index is 3.13. The van der Waals surface area contributed by atoms with Crippen LogP contribution in [-0.4, -0.2) is 17.1 Å². The Hall–Kier alpha value is -0.830. The number of alkyl halides is 1. The molecule has 11 heavy (non-hydrogen) atoms. The van der Waals surface area contributed by atoms with Gasteiger partial charge in [-0.1, -0.05) is 0 Å². The van der Waals surface area contributed by atoms with Crippen molar-refractivity contribution >= 4 is 11.6 Å². The second kappa shape index (κ2) is 3.53. The third-order valence-electron chi connectivity index (χ3n) is 1.45. The first-order valence-electron chi connectivity index (χ1n) is 3.20. The smallest absolute Gasteiger partial charge is 0.220 e. The van der Waals surface area contributed by atoms with Crippen LogP contribution in [0.3, 0.4) is 0 Å². The summed E-state index contributed by atoms with van der Waals surface area (Å²) in [7, 11) is 1.57. The van der Waals surface area contributed by atoms with Crippen LogP contribution in [0.2, 0.25) is 0 Å². The summed E-state index contributed by atoms with van der Waals surface area (Å²) in [5.74, 6) is 0.947. The van der Waals surface area contributed by atoms with E-state index in [1.165, 1.54) is 6.33 Å². The summed E-state index contributed by atoms with van der Waals surface area (Å²) >= 11 is 5.66. The van der Waals surface area contributed by atoms with E-state index >= 15 is 0 Å². The van der Waals surface area contributed by atoms with E-state index in [1.807, 2.05) is 6.92 Å². The van der Waals surface area contributed by atoms with Crippen LogP contribution < -0.4 is 4.74 Å². The molecule has 0 aromatic carbocycles. The van der Waals surface area contributed by atoms with Gasteiger partial charge in [0, 0.05) is 5.69 Å². The van der Waals surface area contributed by atoms with Gasteiger partial charge in [0.15, 0.2) is 0 Å². The average molecular weight is 173 g/mol. The summed E-state index contributed by atoms with van der Waals surface area (Å²) in [6, 6.07) is 0. The number of rotatable bonds is 2. The van der Waals surface area contributed by atoms with Crippen molar-refractivity contribution in [3.8, 4) is 5.88 Å². The van der Waals surface area contributed by atoms with Gasteiger partial charge < -0.3 is 4.74 Å². The number of halogens is 1. The van der Waals surface area contributed by atoms with Gasteiger partial charge in [0.05, 0.1) is 18.6 Å². The van der Waals surface area contributed by atoms with E-state index in [0.29, 0.717) is 11.8 Å². The Kier molecular flexibility index (Phi) is 2.65. The molecule has 0 spiro atoms. The van der Waals surface area contributed by atoms with Crippen LogP contribution in [0.25, 0.3) is 0 Å². The molecule has 60 valence electrons. The number of hydrogen-bond donors (Lipinski definition) is 0. The minimum Gasteiger partial charge on any atom is -0.481 e. The molecule has 0 aliphatic rings. The number of nitrogens with zero attached hydrogens (tertiary/aromatic N) is 2. The van der Waals surface area contributed by atoms with Crippen LogP contribution in [0.1, 0.15) is 11.3 Å². The lowest BCUT2D eigenvalue weighted by Crippen LogP contribution is -1.97. The van der Waals surface area contributed by atoms with E-state index in [0.717, 1.165) is 11.3 Å². The highest BCUT2D eigenvalue weighted by molar-refractivity contribution is 6.17. The molecule has 0 amide bonds. The zero-order valence-electron chi connectivity index (χ0n) is 6.47. The predicted octanol–water partition coefficient (Wildman–Crippen LogP) is 1.53. The van der Waals surface area contributed by atoms with Gasteiger partial charge >= 0.3 is 0 Å². The molecule has 0 bridgehead atoms. The molecule has 0 unspecified atom stereocenters. The fraction of sp³-hybridized carbons (Fsp3) is 0.429. The minimum atomic E-state index is 0.385. The van der Waals surface area contributed by atoms with E-state index in [9.17, 15) is 0 Å². The third kappa shape index (κ3) is 1.60. The van der Waals surface area contributed by atoms with Crippen molar-refractivity contribution in [2.75, 3.05) is 7.11 Å². The first kappa shape index (κ1) is 8.27. The van der Waals surface area contributed by atoms with Gasteiger partial charge in [0.2, 0.25) is 5.88 Å². The second-order valence-electron chi connectivity index (χ2n) is 2.08. The van der Waals surface area contributed by atoms with E-state index in [2.05, 4.69) is 9.97 Å². The van der Waals surface area contributed by atoms with E-state index in [-0.39, 0.29) is 0 Å². The monoisotopic (exact) mass is 172 g/mol. The van der Waals surface area contributed by atoms with Crippen molar-refractivity contribution in [3.63, 3.8) is 0 Å². The molecule has 0 saturated heterocycles. The van der Waals surface area contributed by atoms with Gasteiger partial charge in [-0.25, -0.2) is 9.97 Å². The quantitative estimate of drug-likeness (QED) is 0.635.